The number of hydrogen-bond donors (Lipinski definition) is 0. The van der Waals surface area contributed by atoms with Crippen LogP contribution in [0.2, 0.25) is 0 Å². The molecule has 3 aromatic rings. The maximum absolute atomic E-state index is 13.7. The second-order valence-corrected chi connectivity index (χ2v) is 9.35. The van der Waals surface area contributed by atoms with Crippen molar-refractivity contribution in [1.82, 2.24) is 4.90 Å². The normalized spacial score (nSPS) is 15.0. The second-order valence-electron chi connectivity index (χ2n) is 8.43. The van der Waals surface area contributed by atoms with Crippen LogP contribution in [0.4, 0.5) is 5.69 Å². The summed E-state index contributed by atoms with van der Waals surface area (Å²) >= 11 is 3.37. The molecule has 0 aromatic heterocycles. The van der Waals surface area contributed by atoms with Gasteiger partial charge in [-0.15, -0.1) is 0 Å². The van der Waals surface area contributed by atoms with Crippen LogP contribution < -0.4 is 19.1 Å². The van der Waals surface area contributed by atoms with Gasteiger partial charge in [0.05, 0.1) is 33.4 Å². The summed E-state index contributed by atoms with van der Waals surface area (Å²) in [5.74, 6) is 0.659. The third kappa shape index (κ3) is 5.61. The van der Waals surface area contributed by atoms with Crippen LogP contribution in [0.5, 0.6) is 17.2 Å². The number of amides is 3. The van der Waals surface area contributed by atoms with Gasteiger partial charge in [0.15, 0.2) is 11.5 Å². The first kappa shape index (κ1) is 26.2. The molecule has 1 aliphatic rings. The molecule has 0 radical (unpaired) electrons. The Morgan fingerprint density at radius 2 is 1.59 bits per heavy atom. The van der Waals surface area contributed by atoms with E-state index in [2.05, 4.69) is 15.9 Å². The molecule has 0 N–H and O–H groups in total. The van der Waals surface area contributed by atoms with Crippen LogP contribution in [0.1, 0.15) is 22.3 Å². The first-order valence-electron chi connectivity index (χ1n) is 11.6. The molecule has 1 unspecified atom stereocenters. The maximum atomic E-state index is 13.7. The summed E-state index contributed by atoms with van der Waals surface area (Å²) in [5.41, 5.74) is 1.76. The van der Waals surface area contributed by atoms with E-state index in [4.69, 9.17) is 14.2 Å². The maximum Gasteiger partial charge on any atom is 0.257 e. The lowest BCUT2D eigenvalue weighted by Gasteiger charge is -2.28. The number of carbonyl (C=O) groups is 3. The first-order chi connectivity index (χ1) is 17.9. The average molecular weight is 567 g/mol. The Kier molecular flexibility index (Phi) is 8.13. The van der Waals surface area contributed by atoms with Crippen molar-refractivity contribution in [1.29, 1.82) is 0 Å². The minimum Gasteiger partial charge on any atom is -0.497 e. The van der Waals surface area contributed by atoms with E-state index in [0.29, 0.717) is 34.9 Å². The van der Waals surface area contributed by atoms with Gasteiger partial charge in [0.1, 0.15) is 11.8 Å². The number of rotatable bonds is 9. The fraction of sp³-hybridized carbons (Fsp3) is 0.250. The van der Waals surface area contributed by atoms with Crippen molar-refractivity contribution in [3.8, 4) is 17.2 Å². The lowest BCUT2D eigenvalue weighted by molar-refractivity contribution is -0.122. The summed E-state index contributed by atoms with van der Waals surface area (Å²) in [6.45, 7) is 0.220. The Labute approximate surface area is 223 Å². The second kappa shape index (κ2) is 11.5. The molecule has 0 spiro atoms. The summed E-state index contributed by atoms with van der Waals surface area (Å²) in [6, 6.07) is 18.2. The zero-order chi connectivity index (χ0) is 26.5. The number of halogens is 1. The van der Waals surface area contributed by atoms with Gasteiger partial charge in [-0.2, -0.15) is 0 Å². The minimum absolute atomic E-state index is 0.0945. The van der Waals surface area contributed by atoms with Crippen molar-refractivity contribution in [2.24, 2.45) is 0 Å². The molecular formula is C28H27BrN2O6. The number of benzene rings is 3. The highest BCUT2D eigenvalue weighted by molar-refractivity contribution is 9.10. The van der Waals surface area contributed by atoms with Crippen LogP contribution >= 0.6 is 15.9 Å². The molecule has 1 saturated heterocycles. The zero-order valence-electron chi connectivity index (χ0n) is 20.8. The largest absolute Gasteiger partial charge is 0.497 e. The van der Waals surface area contributed by atoms with Gasteiger partial charge < -0.3 is 19.1 Å². The molecule has 37 heavy (non-hydrogen) atoms. The quantitative estimate of drug-likeness (QED) is 0.355. The minimum atomic E-state index is -0.925. The molecule has 192 valence electrons. The van der Waals surface area contributed by atoms with Crippen molar-refractivity contribution >= 4 is 39.3 Å². The summed E-state index contributed by atoms with van der Waals surface area (Å²) in [7, 11) is 4.67. The molecule has 4 rings (SSSR count). The summed E-state index contributed by atoms with van der Waals surface area (Å²) in [5, 5.41) is 0. The molecule has 3 aromatic carbocycles. The van der Waals surface area contributed by atoms with Crippen LogP contribution in [0.3, 0.4) is 0 Å². The van der Waals surface area contributed by atoms with Crippen molar-refractivity contribution in [3.63, 3.8) is 0 Å². The molecule has 0 aliphatic carbocycles. The summed E-state index contributed by atoms with van der Waals surface area (Å²) < 4.78 is 16.7. The SMILES string of the molecule is COc1ccc(C(=O)N(CCc2ccc(OC)c(OC)c2)C2CC(=O)N(c3ccc(Br)cc3)C2=O)cc1. The van der Waals surface area contributed by atoms with E-state index in [1.54, 1.807) is 75.9 Å². The summed E-state index contributed by atoms with van der Waals surface area (Å²) in [6.07, 6.45) is 0.348. The first-order valence-corrected chi connectivity index (χ1v) is 12.4. The van der Waals surface area contributed by atoms with Gasteiger partial charge in [0.25, 0.3) is 11.8 Å². The predicted octanol–water partition coefficient (Wildman–Crippen LogP) is 4.49. The van der Waals surface area contributed by atoms with Crippen LogP contribution in [0.25, 0.3) is 0 Å². The predicted molar refractivity (Wildman–Crippen MR) is 142 cm³/mol. The lowest BCUT2D eigenvalue weighted by Crippen LogP contribution is -2.46. The van der Waals surface area contributed by atoms with Gasteiger partial charge in [-0.1, -0.05) is 22.0 Å². The molecule has 9 heteroatoms. The smallest absolute Gasteiger partial charge is 0.257 e. The Balaban J connectivity index is 1.63. The highest BCUT2D eigenvalue weighted by Gasteiger charge is 2.44. The highest BCUT2D eigenvalue weighted by atomic mass is 79.9. The van der Waals surface area contributed by atoms with E-state index >= 15 is 0 Å². The third-order valence-electron chi connectivity index (χ3n) is 6.27. The molecule has 8 nitrogen and oxygen atoms in total. The van der Waals surface area contributed by atoms with Crippen LogP contribution in [-0.4, -0.2) is 56.5 Å². The van der Waals surface area contributed by atoms with Crippen LogP contribution in [0, 0.1) is 0 Å². The van der Waals surface area contributed by atoms with Gasteiger partial charge in [0, 0.05) is 16.6 Å². The standard InChI is InChI=1S/C28H27BrN2O6/c1-35-22-11-5-19(6-12-22)27(33)30(15-14-18-4-13-24(36-2)25(16-18)37-3)23-17-26(32)31(28(23)34)21-9-7-20(29)8-10-21/h4-13,16,23H,14-15,17H2,1-3H3. The Morgan fingerprint density at radius 1 is 0.919 bits per heavy atom. The van der Waals surface area contributed by atoms with Gasteiger partial charge in [-0.25, -0.2) is 4.90 Å². The molecule has 1 fully saturated rings. The van der Waals surface area contributed by atoms with Crippen molar-refractivity contribution in [2.75, 3.05) is 32.8 Å². The van der Waals surface area contributed by atoms with Gasteiger partial charge >= 0.3 is 0 Å². The molecule has 1 aliphatic heterocycles. The van der Waals surface area contributed by atoms with E-state index in [-0.39, 0.29) is 24.8 Å². The van der Waals surface area contributed by atoms with Crippen molar-refractivity contribution < 1.29 is 28.6 Å². The van der Waals surface area contributed by atoms with E-state index in [9.17, 15) is 14.4 Å². The van der Waals surface area contributed by atoms with Crippen LogP contribution in [0.15, 0.2) is 71.2 Å². The zero-order valence-corrected chi connectivity index (χ0v) is 22.4. The number of nitrogens with zero attached hydrogens (tertiary/aromatic N) is 2. The number of anilines is 1. The average Bonchev–Trinajstić information content (AvgIpc) is 3.22. The number of methoxy groups -OCH3 is 3. The molecule has 0 saturated carbocycles. The van der Waals surface area contributed by atoms with Crippen molar-refractivity contribution in [2.45, 2.75) is 18.9 Å². The highest BCUT2D eigenvalue weighted by Crippen LogP contribution is 2.30. The Bertz CT molecular complexity index is 1290. The number of imide groups is 1. The van der Waals surface area contributed by atoms with Crippen LogP contribution in [-0.2, 0) is 16.0 Å². The van der Waals surface area contributed by atoms with E-state index in [1.807, 2.05) is 12.1 Å². The lowest BCUT2D eigenvalue weighted by atomic mass is 10.1. The monoisotopic (exact) mass is 566 g/mol. The third-order valence-corrected chi connectivity index (χ3v) is 6.80. The van der Waals surface area contributed by atoms with Gasteiger partial charge in [0.2, 0.25) is 5.91 Å². The topological polar surface area (TPSA) is 85.4 Å². The van der Waals surface area contributed by atoms with E-state index < -0.39 is 11.9 Å². The molecule has 1 atom stereocenters. The van der Waals surface area contributed by atoms with E-state index in [0.717, 1.165) is 14.9 Å². The molecule has 0 bridgehead atoms. The van der Waals surface area contributed by atoms with E-state index in [1.165, 1.54) is 4.90 Å². The van der Waals surface area contributed by atoms with Gasteiger partial charge in [-0.05, 0) is 72.6 Å². The molecular weight excluding hydrogens is 540 g/mol. The van der Waals surface area contributed by atoms with Gasteiger partial charge in [-0.3, -0.25) is 14.4 Å². The fourth-order valence-electron chi connectivity index (χ4n) is 4.30. The number of carbonyl (C=O) groups excluding carboxylic acids is 3. The number of hydrogen-bond acceptors (Lipinski definition) is 6. The van der Waals surface area contributed by atoms with Crippen molar-refractivity contribution in [3.05, 3.63) is 82.3 Å². The Hall–Kier alpha value is -3.85. The summed E-state index contributed by atoms with van der Waals surface area (Å²) in [4.78, 5) is 42.8. The number of ether oxygens (including phenoxy) is 3. The molecule has 3 amide bonds. The molecule has 1 heterocycles. The fourth-order valence-corrected chi connectivity index (χ4v) is 4.57. The Morgan fingerprint density at radius 3 is 2.22 bits per heavy atom.